The van der Waals surface area contributed by atoms with E-state index in [9.17, 15) is 9.59 Å². The number of hydrogen-bond donors (Lipinski definition) is 0. The van der Waals surface area contributed by atoms with Crippen LogP contribution in [-0.4, -0.2) is 45.8 Å². The van der Waals surface area contributed by atoms with Gasteiger partial charge >= 0.3 is 5.97 Å². The molecule has 3 rings (SSSR count). The average Bonchev–Trinajstić information content (AvgIpc) is 2.75. The molecule has 2 aromatic rings. The Kier molecular flexibility index (Phi) is 6.61. The average molecular weight is 419 g/mol. The van der Waals surface area contributed by atoms with Crippen molar-refractivity contribution >= 4 is 29.4 Å². The predicted octanol–water partition coefficient (Wildman–Crippen LogP) is 3.57. The zero-order valence-corrected chi connectivity index (χ0v) is 16.7. The molecule has 7 nitrogen and oxygen atoms in total. The van der Waals surface area contributed by atoms with Gasteiger partial charge in [0.2, 0.25) is 0 Å². The van der Waals surface area contributed by atoms with Crippen molar-refractivity contribution in [2.24, 2.45) is 0 Å². The quantitative estimate of drug-likeness (QED) is 0.386. The van der Waals surface area contributed by atoms with Gasteiger partial charge < -0.3 is 23.7 Å². The SMILES string of the molecule is COc1cc(/C=C/C(=O)OCC(=O)c2ccc3c(c2)OCCO3)cc(Cl)c1OC. The minimum Gasteiger partial charge on any atom is -0.493 e. The standard InChI is InChI=1S/C21H19ClO7/c1-25-19-10-13(9-15(22)21(19)26-2)3-6-20(24)29-12-16(23)14-4-5-17-18(11-14)28-8-7-27-17/h3-6,9-11H,7-8,12H2,1-2H3/b6-3+. The van der Waals surface area contributed by atoms with E-state index in [0.29, 0.717) is 52.4 Å². The lowest BCUT2D eigenvalue weighted by Gasteiger charge is -2.18. The highest BCUT2D eigenvalue weighted by molar-refractivity contribution is 6.32. The molecule has 29 heavy (non-hydrogen) atoms. The number of benzene rings is 2. The Morgan fingerprint density at radius 1 is 1.07 bits per heavy atom. The first-order valence-electron chi connectivity index (χ1n) is 8.71. The van der Waals surface area contributed by atoms with Crippen LogP contribution in [0.5, 0.6) is 23.0 Å². The van der Waals surface area contributed by atoms with Crippen molar-refractivity contribution in [1.29, 1.82) is 0 Å². The fourth-order valence-corrected chi connectivity index (χ4v) is 2.98. The molecule has 1 heterocycles. The Morgan fingerprint density at radius 3 is 2.55 bits per heavy atom. The molecule has 1 aliphatic rings. The summed E-state index contributed by atoms with van der Waals surface area (Å²) in [4.78, 5) is 24.2. The van der Waals surface area contributed by atoms with Crippen molar-refractivity contribution in [2.45, 2.75) is 0 Å². The largest absolute Gasteiger partial charge is 0.493 e. The summed E-state index contributed by atoms with van der Waals surface area (Å²) in [7, 11) is 2.97. The van der Waals surface area contributed by atoms with E-state index in [1.54, 1.807) is 30.3 Å². The highest BCUT2D eigenvalue weighted by Gasteiger charge is 2.16. The second-order valence-corrected chi connectivity index (χ2v) is 6.37. The maximum absolute atomic E-state index is 12.3. The fraction of sp³-hybridized carbons (Fsp3) is 0.238. The topological polar surface area (TPSA) is 80.3 Å². The second-order valence-electron chi connectivity index (χ2n) is 5.96. The van der Waals surface area contributed by atoms with Crippen molar-refractivity contribution in [3.63, 3.8) is 0 Å². The summed E-state index contributed by atoms with van der Waals surface area (Å²) in [6, 6.07) is 8.11. The van der Waals surface area contributed by atoms with Gasteiger partial charge in [-0.05, 0) is 42.0 Å². The first-order chi connectivity index (χ1) is 14.0. The smallest absolute Gasteiger partial charge is 0.331 e. The molecule has 0 spiro atoms. The highest BCUT2D eigenvalue weighted by atomic mass is 35.5. The number of halogens is 1. The molecule has 1 aliphatic heterocycles. The van der Waals surface area contributed by atoms with Crippen LogP contribution in [-0.2, 0) is 9.53 Å². The first kappa shape index (κ1) is 20.5. The molecule has 0 bridgehead atoms. The van der Waals surface area contributed by atoms with Crippen LogP contribution in [0.15, 0.2) is 36.4 Å². The van der Waals surface area contributed by atoms with Crippen LogP contribution in [0.1, 0.15) is 15.9 Å². The van der Waals surface area contributed by atoms with Crippen LogP contribution < -0.4 is 18.9 Å². The van der Waals surface area contributed by atoms with E-state index in [1.807, 2.05) is 0 Å². The van der Waals surface area contributed by atoms with Gasteiger partial charge in [-0.15, -0.1) is 0 Å². The molecule has 0 aromatic heterocycles. The molecular formula is C21H19ClO7. The lowest BCUT2D eigenvalue weighted by atomic mass is 10.1. The second kappa shape index (κ2) is 9.34. The van der Waals surface area contributed by atoms with Gasteiger partial charge in [0, 0.05) is 11.6 Å². The summed E-state index contributed by atoms with van der Waals surface area (Å²) in [6.07, 6.45) is 2.71. The third kappa shape index (κ3) is 5.00. The lowest BCUT2D eigenvalue weighted by Crippen LogP contribution is -2.17. The molecule has 0 fully saturated rings. The van der Waals surface area contributed by atoms with E-state index >= 15 is 0 Å². The maximum Gasteiger partial charge on any atom is 0.331 e. The molecule has 0 saturated heterocycles. The Morgan fingerprint density at radius 2 is 1.83 bits per heavy atom. The summed E-state index contributed by atoms with van der Waals surface area (Å²) in [6.45, 7) is 0.496. The van der Waals surface area contributed by atoms with Gasteiger partial charge in [-0.3, -0.25) is 4.79 Å². The molecule has 0 atom stereocenters. The van der Waals surface area contributed by atoms with Crippen LogP contribution in [0.2, 0.25) is 5.02 Å². The molecular weight excluding hydrogens is 400 g/mol. The van der Waals surface area contributed by atoms with Gasteiger partial charge in [0.15, 0.2) is 35.4 Å². The van der Waals surface area contributed by atoms with Crippen molar-refractivity contribution in [2.75, 3.05) is 34.0 Å². The van der Waals surface area contributed by atoms with E-state index in [1.165, 1.54) is 26.4 Å². The molecule has 0 saturated carbocycles. The number of ketones is 1. The Bertz CT molecular complexity index is 952. The van der Waals surface area contributed by atoms with Gasteiger partial charge in [0.05, 0.1) is 19.2 Å². The van der Waals surface area contributed by atoms with Crippen LogP contribution >= 0.6 is 11.6 Å². The Hall–Kier alpha value is -3.19. The van der Waals surface area contributed by atoms with E-state index in [-0.39, 0.29) is 5.78 Å². The molecule has 8 heteroatoms. The number of rotatable bonds is 7. The van der Waals surface area contributed by atoms with Gasteiger partial charge in [0.25, 0.3) is 0 Å². The molecule has 152 valence electrons. The molecule has 0 unspecified atom stereocenters. The van der Waals surface area contributed by atoms with Crippen molar-refractivity contribution in [3.05, 3.63) is 52.6 Å². The summed E-state index contributed by atoms with van der Waals surface area (Å²) in [5.74, 6) is 0.903. The summed E-state index contributed by atoms with van der Waals surface area (Å²) >= 11 is 6.13. The molecule has 0 aliphatic carbocycles. The van der Waals surface area contributed by atoms with Crippen molar-refractivity contribution in [1.82, 2.24) is 0 Å². The van der Waals surface area contributed by atoms with Crippen molar-refractivity contribution in [3.8, 4) is 23.0 Å². The van der Waals surface area contributed by atoms with Gasteiger partial charge in [-0.25, -0.2) is 4.79 Å². The van der Waals surface area contributed by atoms with E-state index in [4.69, 9.17) is 35.3 Å². The fourth-order valence-electron chi connectivity index (χ4n) is 2.68. The highest BCUT2D eigenvalue weighted by Crippen LogP contribution is 2.36. The Balaban J connectivity index is 1.60. The number of carbonyl (C=O) groups is 2. The summed E-state index contributed by atoms with van der Waals surface area (Å²) in [5.41, 5.74) is 0.987. The summed E-state index contributed by atoms with van der Waals surface area (Å²) < 4.78 is 26.2. The molecule has 0 radical (unpaired) electrons. The van der Waals surface area contributed by atoms with Crippen LogP contribution in [0.3, 0.4) is 0 Å². The molecule has 0 N–H and O–H groups in total. The molecule has 2 aromatic carbocycles. The van der Waals surface area contributed by atoms with Crippen LogP contribution in [0, 0.1) is 0 Å². The van der Waals surface area contributed by atoms with Gasteiger partial charge in [-0.2, -0.15) is 0 Å². The number of esters is 1. The zero-order chi connectivity index (χ0) is 20.8. The summed E-state index contributed by atoms with van der Waals surface area (Å²) in [5, 5.41) is 0.341. The minimum atomic E-state index is -0.665. The van der Waals surface area contributed by atoms with E-state index in [0.717, 1.165) is 0 Å². The number of fused-ring (bicyclic) bond motifs is 1. The maximum atomic E-state index is 12.3. The number of ether oxygens (including phenoxy) is 5. The predicted molar refractivity (Wildman–Crippen MR) is 106 cm³/mol. The number of hydrogen-bond acceptors (Lipinski definition) is 7. The normalized spacial score (nSPS) is 12.5. The van der Waals surface area contributed by atoms with Crippen molar-refractivity contribution < 1.29 is 33.3 Å². The van der Waals surface area contributed by atoms with E-state index in [2.05, 4.69) is 0 Å². The van der Waals surface area contributed by atoms with Crippen LogP contribution in [0.25, 0.3) is 6.08 Å². The third-order valence-corrected chi connectivity index (χ3v) is 4.36. The first-order valence-corrected chi connectivity index (χ1v) is 9.09. The van der Waals surface area contributed by atoms with Gasteiger partial charge in [0.1, 0.15) is 13.2 Å². The van der Waals surface area contributed by atoms with E-state index < -0.39 is 12.6 Å². The number of Topliss-reactive ketones (excluding diaryl/α,β-unsaturated/α-hetero) is 1. The number of carbonyl (C=O) groups excluding carboxylic acids is 2. The zero-order valence-electron chi connectivity index (χ0n) is 15.9. The third-order valence-electron chi connectivity index (χ3n) is 4.08. The van der Waals surface area contributed by atoms with Gasteiger partial charge in [-0.1, -0.05) is 11.6 Å². The lowest BCUT2D eigenvalue weighted by molar-refractivity contribution is -0.136. The minimum absolute atomic E-state index is 0.341. The molecule has 0 amide bonds. The monoisotopic (exact) mass is 418 g/mol. The van der Waals surface area contributed by atoms with Crippen LogP contribution in [0.4, 0.5) is 0 Å². The Labute approximate surface area is 172 Å². The number of methoxy groups -OCH3 is 2.